The topological polar surface area (TPSA) is 19.4 Å². The highest BCUT2D eigenvalue weighted by molar-refractivity contribution is 5.49. The minimum atomic E-state index is 0.586. The van der Waals surface area contributed by atoms with E-state index in [1.54, 1.807) is 0 Å². The number of rotatable bonds is 3. The van der Waals surface area contributed by atoms with E-state index in [0.717, 1.165) is 6.54 Å². The monoisotopic (exact) mass is 259 g/mol. The lowest BCUT2D eigenvalue weighted by atomic mass is 9.95. The molecule has 2 aliphatic rings. The van der Waals surface area contributed by atoms with Gasteiger partial charge in [0.05, 0.1) is 0 Å². The predicted octanol–water partition coefficient (Wildman–Crippen LogP) is 3.23. The Kier molecular flexibility index (Phi) is 4.02. The minimum absolute atomic E-state index is 0.586. The van der Waals surface area contributed by atoms with Crippen LogP contribution >= 0.6 is 0 Å². The molecule has 0 N–H and O–H groups in total. The van der Waals surface area contributed by atoms with Gasteiger partial charge in [0.2, 0.25) is 0 Å². The van der Waals surface area contributed by atoms with E-state index in [9.17, 15) is 0 Å². The van der Waals surface area contributed by atoms with Crippen molar-refractivity contribution in [3.05, 3.63) is 23.9 Å². The van der Waals surface area contributed by atoms with E-state index in [1.807, 2.05) is 6.20 Å². The standard InChI is InChI=1S/C16H25N3/c1-2-18-11-4-3-9-15(18)14-8-7-10-17-16(14)19-12-5-6-13-19/h7-8,10,15H,2-6,9,11-13H2,1H3. The molecule has 0 aromatic carbocycles. The molecule has 2 aliphatic heterocycles. The first-order chi connectivity index (χ1) is 9.40. The molecular weight excluding hydrogens is 234 g/mol. The molecule has 0 amide bonds. The van der Waals surface area contributed by atoms with Crippen LogP contribution in [0.2, 0.25) is 0 Å². The maximum absolute atomic E-state index is 4.70. The highest BCUT2D eigenvalue weighted by atomic mass is 15.2. The Hall–Kier alpha value is -1.09. The number of likely N-dealkylation sites (tertiary alicyclic amines) is 1. The van der Waals surface area contributed by atoms with Crippen LogP contribution in [0.15, 0.2) is 18.3 Å². The molecule has 1 aromatic heterocycles. The smallest absolute Gasteiger partial charge is 0.133 e. The van der Waals surface area contributed by atoms with Gasteiger partial charge in [0.25, 0.3) is 0 Å². The second kappa shape index (κ2) is 5.91. The summed E-state index contributed by atoms with van der Waals surface area (Å²) in [5.41, 5.74) is 1.46. The van der Waals surface area contributed by atoms with Crippen molar-refractivity contribution in [2.24, 2.45) is 0 Å². The molecule has 1 unspecified atom stereocenters. The molecule has 3 heteroatoms. The Morgan fingerprint density at radius 1 is 1.16 bits per heavy atom. The fourth-order valence-corrected chi connectivity index (χ4v) is 3.58. The fourth-order valence-electron chi connectivity index (χ4n) is 3.58. The van der Waals surface area contributed by atoms with Crippen molar-refractivity contribution < 1.29 is 0 Å². The van der Waals surface area contributed by atoms with Crippen molar-refractivity contribution in [1.29, 1.82) is 0 Å². The molecule has 0 spiro atoms. The number of piperidine rings is 1. The van der Waals surface area contributed by atoms with Crippen LogP contribution < -0.4 is 4.90 Å². The number of pyridine rings is 1. The Morgan fingerprint density at radius 2 is 1.95 bits per heavy atom. The van der Waals surface area contributed by atoms with Crippen molar-refractivity contribution in [3.8, 4) is 0 Å². The van der Waals surface area contributed by atoms with Gasteiger partial charge in [0, 0.05) is 30.9 Å². The van der Waals surface area contributed by atoms with Gasteiger partial charge in [-0.15, -0.1) is 0 Å². The largest absolute Gasteiger partial charge is 0.356 e. The van der Waals surface area contributed by atoms with Crippen LogP contribution in [0, 0.1) is 0 Å². The van der Waals surface area contributed by atoms with E-state index in [4.69, 9.17) is 4.98 Å². The Morgan fingerprint density at radius 3 is 2.74 bits per heavy atom. The molecule has 3 heterocycles. The second-order valence-corrected chi connectivity index (χ2v) is 5.75. The first-order valence-electron chi connectivity index (χ1n) is 7.84. The number of anilines is 1. The summed E-state index contributed by atoms with van der Waals surface area (Å²) in [6.07, 6.45) is 8.59. The van der Waals surface area contributed by atoms with Crippen LogP contribution in [0.1, 0.15) is 50.6 Å². The van der Waals surface area contributed by atoms with Crippen LogP contribution in [0.4, 0.5) is 5.82 Å². The normalized spacial score (nSPS) is 24.9. The predicted molar refractivity (Wildman–Crippen MR) is 79.5 cm³/mol. The van der Waals surface area contributed by atoms with E-state index in [1.165, 1.54) is 63.1 Å². The van der Waals surface area contributed by atoms with Gasteiger partial charge < -0.3 is 4.90 Å². The molecule has 2 fully saturated rings. The molecule has 19 heavy (non-hydrogen) atoms. The summed E-state index contributed by atoms with van der Waals surface area (Å²) in [5.74, 6) is 1.25. The lowest BCUT2D eigenvalue weighted by molar-refractivity contribution is 0.157. The summed E-state index contributed by atoms with van der Waals surface area (Å²) >= 11 is 0. The quantitative estimate of drug-likeness (QED) is 0.831. The first-order valence-corrected chi connectivity index (χ1v) is 7.84. The summed E-state index contributed by atoms with van der Waals surface area (Å²) in [5, 5.41) is 0. The molecule has 104 valence electrons. The van der Waals surface area contributed by atoms with Crippen molar-refractivity contribution in [3.63, 3.8) is 0 Å². The van der Waals surface area contributed by atoms with E-state index in [0.29, 0.717) is 6.04 Å². The second-order valence-electron chi connectivity index (χ2n) is 5.75. The van der Waals surface area contributed by atoms with E-state index in [2.05, 4.69) is 28.9 Å². The van der Waals surface area contributed by atoms with Gasteiger partial charge in [-0.1, -0.05) is 19.4 Å². The SMILES string of the molecule is CCN1CCCCC1c1cccnc1N1CCCC1. The first kappa shape index (κ1) is 12.9. The molecule has 2 saturated heterocycles. The minimum Gasteiger partial charge on any atom is -0.356 e. The highest BCUT2D eigenvalue weighted by Crippen LogP contribution is 2.35. The molecule has 3 nitrogen and oxygen atoms in total. The molecule has 0 bridgehead atoms. The fraction of sp³-hybridized carbons (Fsp3) is 0.688. The van der Waals surface area contributed by atoms with E-state index >= 15 is 0 Å². The van der Waals surface area contributed by atoms with Crippen molar-refractivity contribution in [2.75, 3.05) is 31.1 Å². The summed E-state index contributed by atoms with van der Waals surface area (Å²) in [4.78, 5) is 9.81. The molecule has 1 atom stereocenters. The molecule has 0 aliphatic carbocycles. The Bertz CT molecular complexity index is 412. The van der Waals surface area contributed by atoms with Crippen LogP contribution in [-0.4, -0.2) is 36.1 Å². The highest BCUT2D eigenvalue weighted by Gasteiger charge is 2.27. The van der Waals surface area contributed by atoms with Gasteiger partial charge in [-0.3, -0.25) is 4.90 Å². The Labute approximate surface area is 116 Å². The maximum atomic E-state index is 4.70. The number of hydrogen-bond donors (Lipinski definition) is 0. The van der Waals surface area contributed by atoms with Crippen LogP contribution in [0.5, 0.6) is 0 Å². The number of nitrogens with zero attached hydrogens (tertiary/aromatic N) is 3. The van der Waals surface area contributed by atoms with Gasteiger partial charge in [0.15, 0.2) is 0 Å². The van der Waals surface area contributed by atoms with Crippen molar-refractivity contribution in [2.45, 2.75) is 45.1 Å². The van der Waals surface area contributed by atoms with E-state index in [-0.39, 0.29) is 0 Å². The average Bonchev–Trinajstić information content (AvgIpc) is 3.01. The zero-order valence-electron chi connectivity index (χ0n) is 12.0. The lowest BCUT2D eigenvalue weighted by Gasteiger charge is -2.36. The van der Waals surface area contributed by atoms with Gasteiger partial charge in [0.1, 0.15) is 5.82 Å². The summed E-state index contributed by atoms with van der Waals surface area (Å²) in [7, 11) is 0. The van der Waals surface area contributed by atoms with E-state index < -0.39 is 0 Å². The van der Waals surface area contributed by atoms with Crippen LogP contribution in [-0.2, 0) is 0 Å². The molecular formula is C16H25N3. The van der Waals surface area contributed by atoms with Crippen LogP contribution in [0.25, 0.3) is 0 Å². The third-order valence-corrected chi connectivity index (χ3v) is 4.60. The lowest BCUT2D eigenvalue weighted by Crippen LogP contribution is -2.34. The maximum Gasteiger partial charge on any atom is 0.133 e. The Balaban J connectivity index is 1.90. The molecule has 1 aromatic rings. The number of hydrogen-bond acceptors (Lipinski definition) is 3. The summed E-state index contributed by atoms with van der Waals surface area (Å²) < 4.78 is 0. The van der Waals surface area contributed by atoms with Crippen molar-refractivity contribution in [1.82, 2.24) is 9.88 Å². The van der Waals surface area contributed by atoms with Gasteiger partial charge in [-0.2, -0.15) is 0 Å². The van der Waals surface area contributed by atoms with Crippen molar-refractivity contribution >= 4 is 5.82 Å². The summed E-state index contributed by atoms with van der Waals surface area (Å²) in [6, 6.07) is 5.00. The van der Waals surface area contributed by atoms with Gasteiger partial charge in [-0.05, 0) is 44.8 Å². The van der Waals surface area contributed by atoms with Gasteiger partial charge in [-0.25, -0.2) is 4.98 Å². The molecule has 0 radical (unpaired) electrons. The molecule has 0 saturated carbocycles. The third kappa shape index (κ3) is 2.62. The zero-order chi connectivity index (χ0) is 13.1. The average molecular weight is 259 g/mol. The summed E-state index contributed by atoms with van der Waals surface area (Å²) in [6.45, 7) is 7.05. The molecule has 3 rings (SSSR count). The van der Waals surface area contributed by atoms with Crippen LogP contribution in [0.3, 0.4) is 0 Å². The van der Waals surface area contributed by atoms with Gasteiger partial charge >= 0.3 is 0 Å². The zero-order valence-corrected chi connectivity index (χ0v) is 12.0. The number of aromatic nitrogens is 1. The third-order valence-electron chi connectivity index (χ3n) is 4.60.